The van der Waals surface area contributed by atoms with E-state index in [4.69, 9.17) is 4.74 Å². The zero-order valence-corrected chi connectivity index (χ0v) is 21.9. The van der Waals surface area contributed by atoms with Crippen LogP contribution in [0, 0.1) is 19.8 Å². The Labute approximate surface area is 213 Å². The molecule has 0 bridgehead atoms. The lowest BCUT2D eigenvalue weighted by atomic mass is 9.97. The molecule has 1 saturated heterocycles. The van der Waals surface area contributed by atoms with Crippen LogP contribution in [-0.2, 0) is 14.8 Å². The monoisotopic (exact) mass is 525 g/mol. The molecular formula is C25H27N5O4S2. The molecule has 0 spiro atoms. The fraction of sp³-hybridized carbons (Fsp3) is 0.320. The Morgan fingerprint density at radius 2 is 1.81 bits per heavy atom. The van der Waals surface area contributed by atoms with Crippen LogP contribution in [0.5, 0.6) is 5.75 Å². The summed E-state index contributed by atoms with van der Waals surface area (Å²) in [6.07, 6.45) is 0.899. The molecule has 0 radical (unpaired) electrons. The molecule has 3 heterocycles. The number of methoxy groups -OCH3 is 1. The average molecular weight is 526 g/mol. The van der Waals surface area contributed by atoms with Crippen LogP contribution in [0.25, 0.3) is 15.3 Å². The van der Waals surface area contributed by atoms with Crippen molar-refractivity contribution in [3.8, 4) is 10.9 Å². The van der Waals surface area contributed by atoms with Crippen LogP contribution < -0.4 is 10.1 Å². The first-order chi connectivity index (χ1) is 17.2. The van der Waals surface area contributed by atoms with Crippen molar-refractivity contribution in [2.45, 2.75) is 31.6 Å². The van der Waals surface area contributed by atoms with E-state index in [2.05, 4.69) is 15.4 Å². The van der Waals surface area contributed by atoms with Gasteiger partial charge in [-0.25, -0.2) is 13.4 Å². The summed E-state index contributed by atoms with van der Waals surface area (Å²) >= 11 is 1.47. The van der Waals surface area contributed by atoms with Gasteiger partial charge in [0.25, 0.3) is 0 Å². The quantitative estimate of drug-likeness (QED) is 0.405. The highest BCUT2D eigenvalue weighted by atomic mass is 32.2. The van der Waals surface area contributed by atoms with Gasteiger partial charge in [-0.3, -0.25) is 4.79 Å². The molecule has 0 saturated carbocycles. The van der Waals surface area contributed by atoms with Crippen molar-refractivity contribution in [1.29, 1.82) is 0 Å². The molecule has 4 aromatic rings. The first-order valence-corrected chi connectivity index (χ1v) is 13.9. The number of anilines is 1. The van der Waals surface area contributed by atoms with E-state index in [1.807, 2.05) is 38.1 Å². The number of fused-ring (bicyclic) bond motifs is 1. The summed E-state index contributed by atoms with van der Waals surface area (Å²) in [7, 11) is -1.96. The fourth-order valence-corrected chi connectivity index (χ4v) is 6.67. The maximum Gasteiger partial charge on any atom is 0.243 e. The summed E-state index contributed by atoms with van der Waals surface area (Å²) in [5, 5.41) is 8.17. The first-order valence-electron chi connectivity index (χ1n) is 11.6. The number of rotatable bonds is 6. The summed E-state index contributed by atoms with van der Waals surface area (Å²) in [4.78, 5) is 18.1. The minimum Gasteiger partial charge on any atom is -0.497 e. The highest BCUT2D eigenvalue weighted by molar-refractivity contribution is 7.89. The Morgan fingerprint density at radius 1 is 1.08 bits per heavy atom. The zero-order valence-electron chi connectivity index (χ0n) is 20.3. The number of piperidine rings is 1. The first kappa shape index (κ1) is 24.4. The number of benzene rings is 2. The third kappa shape index (κ3) is 4.73. The number of sulfonamides is 1. The Balaban J connectivity index is 1.28. The Kier molecular flexibility index (Phi) is 6.54. The number of ether oxygens (including phenoxy) is 1. The highest BCUT2D eigenvalue weighted by Gasteiger charge is 2.32. The smallest absolute Gasteiger partial charge is 0.243 e. The second-order valence-electron chi connectivity index (χ2n) is 8.89. The molecule has 36 heavy (non-hydrogen) atoms. The normalized spacial score (nSPS) is 15.3. The highest BCUT2D eigenvalue weighted by Crippen LogP contribution is 2.30. The van der Waals surface area contributed by atoms with Crippen molar-refractivity contribution in [2.75, 3.05) is 25.5 Å². The van der Waals surface area contributed by atoms with E-state index < -0.39 is 10.0 Å². The summed E-state index contributed by atoms with van der Waals surface area (Å²) in [6.45, 7) is 4.37. The third-order valence-corrected chi connectivity index (χ3v) is 9.26. The van der Waals surface area contributed by atoms with Gasteiger partial charge in [0.05, 0.1) is 27.9 Å². The summed E-state index contributed by atoms with van der Waals surface area (Å²) in [5.41, 5.74) is 2.55. The molecule has 0 atom stereocenters. The molecule has 0 aliphatic carbocycles. The molecule has 11 heteroatoms. The van der Waals surface area contributed by atoms with E-state index in [1.165, 1.54) is 15.6 Å². The van der Waals surface area contributed by atoms with Crippen molar-refractivity contribution < 1.29 is 17.9 Å². The topological polar surface area (TPSA) is 106 Å². The lowest BCUT2D eigenvalue weighted by Crippen LogP contribution is -2.41. The Bertz CT molecular complexity index is 1520. The lowest BCUT2D eigenvalue weighted by molar-refractivity contribution is -0.120. The number of hydrogen-bond acceptors (Lipinski definition) is 7. The summed E-state index contributed by atoms with van der Waals surface area (Å²) < 4.78 is 35.3. The van der Waals surface area contributed by atoms with Crippen LogP contribution in [0.4, 0.5) is 5.82 Å². The van der Waals surface area contributed by atoms with Gasteiger partial charge in [-0.15, -0.1) is 0 Å². The number of hydrogen-bond donors (Lipinski definition) is 1. The van der Waals surface area contributed by atoms with E-state index in [0.29, 0.717) is 36.9 Å². The number of carbonyl (C=O) groups is 1. The summed E-state index contributed by atoms with van der Waals surface area (Å²) in [5.74, 6) is 0.822. The van der Waals surface area contributed by atoms with Crippen LogP contribution in [0.1, 0.15) is 24.1 Å². The van der Waals surface area contributed by atoms with Gasteiger partial charge < -0.3 is 10.1 Å². The van der Waals surface area contributed by atoms with Gasteiger partial charge in [0, 0.05) is 31.1 Å². The van der Waals surface area contributed by atoms with Crippen molar-refractivity contribution in [3.63, 3.8) is 0 Å². The van der Waals surface area contributed by atoms with Crippen LogP contribution >= 0.6 is 11.3 Å². The number of aromatic nitrogens is 3. The van der Waals surface area contributed by atoms with Crippen LogP contribution in [-0.4, -0.2) is 53.6 Å². The van der Waals surface area contributed by atoms with E-state index in [1.54, 1.807) is 36.1 Å². The van der Waals surface area contributed by atoms with Gasteiger partial charge in [0.2, 0.25) is 21.1 Å². The maximum atomic E-state index is 13.1. The molecule has 2 aromatic carbocycles. The van der Waals surface area contributed by atoms with Crippen molar-refractivity contribution in [3.05, 3.63) is 59.8 Å². The largest absolute Gasteiger partial charge is 0.497 e. The number of amides is 1. The van der Waals surface area contributed by atoms with Gasteiger partial charge in [0.1, 0.15) is 11.6 Å². The third-order valence-electron chi connectivity index (χ3n) is 6.33. The number of thiazole rings is 1. The molecule has 1 aliphatic heterocycles. The minimum atomic E-state index is -3.57. The van der Waals surface area contributed by atoms with Crippen LogP contribution in [0.2, 0.25) is 0 Å². The number of aryl methyl sites for hydroxylation is 2. The number of nitrogens with zero attached hydrogens (tertiary/aromatic N) is 4. The predicted molar refractivity (Wildman–Crippen MR) is 139 cm³/mol. The zero-order chi connectivity index (χ0) is 25.4. The van der Waals surface area contributed by atoms with E-state index in [9.17, 15) is 13.2 Å². The minimum absolute atomic E-state index is 0.147. The van der Waals surface area contributed by atoms with Crippen molar-refractivity contribution >= 4 is 43.3 Å². The number of carbonyl (C=O) groups excluding carboxylic acids is 1. The molecule has 1 aliphatic rings. The average Bonchev–Trinajstić information content (AvgIpc) is 3.46. The van der Waals surface area contributed by atoms with Crippen LogP contribution in [0.3, 0.4) is 0 Å². The second kappa shape index (κ2) is 9.64. The Hall–Kier alpha value is -3.28. The van der Waals surface area contributed by atoms with Crippen LogP contribution in [0.15, 0.2) is 53.4 Å². The molecular weight excluding hydrogens is 498 g/mol. The van der Waals surface area contributed by atoms with Gasteiger partial charge >= 0.3 is 0 Å². The molecule has 2 aromatic heterocycles. The summed E-state index contributed by atoms with van der Waals surface area (Å²) in [6, 6.07) is 14.3. The lowest BCUT2D eigenvalue weighted by Gasteiger charge is -2.30. The van der Waals surface area contributed by atoms with Gasteiger partial charge in [-0.2, -0.15) is 14.1 Å². The van der Waals surface area contributed by atoms with Gasteiger partial charge in [-0.1, -0.05) is 29.0 Å². The molecule has 1 N–H and O–H groups in total. The molecule has 1 amide bonds. The van der Waals surface area contributed by atoms with Gasteiger partial charge in [0.15, 0.2) is 0 Å². The molecule has 0 unspecified atom stereocenters. The van der Waals surface area contributed by atoms with Gasteiger partial charge in [-0.05, 0) is 51.0 Å². The van der Waals surface area contributed by atoms with Crippen molar-refractivity contribution in [2.24, 2.45) is 5.92 Å². The molecule has 188 valence electrons. The molecule has 9 nitrogen and oxygen atoms in total. The SMILES string of the molecule is COc1ccc2sc(-n3nc(C)cc3NC(=O)C3CCN(S(=O)(=O)c4ccc(C)cc4)CC3)nc2c1. The fourth-order valence-electron chi connectivity index (χ4n) is 4.29. The van der Waals surface area contributed by atoms with E-state index in [0.717, 1.165) is 27.2 Å². The second-order valence-corrected chi connectivity index (χ2v) is 11.8. The number of nitrogens with one attached hydrogen (secondary N) is 1. The van der Waals surface area contributed by atoms with Crippen molar-refractivity contribution in [1.82, 2.24) is 19.1 Å². The van der Waals surface area contributed by atoms with E-state index in [-0.39, 0.29) is 16.7 Å². The molecule has 5 rings (SSSR count). The Morgan fingerprint density at radius 3 is 2.50 bits per heavy atom. The molecule has 1 fully saturated rings. The van der Waals surface area contributed by atoms with E-state index >= 15 is 0 Å². The maximum absolute atomic E-state index is 13.1. The standard InChI is InChI=1S/C25H27N5O4S2/c1-16-4-7-20(8-5-16)36(32,33)29-12-10-18(11-13-29)24(31)27-23-14-17(2)28-30(23)25-26-21-15-19(34-3)6-9-22(21)35-25/h4-9,14-15,18H,10-13H2,1-3H3,(H,27,31). The predicted octanol–water partition coefficient (Wildman–Crippen LogP) is 4.15.